The van der Waals surface area contributed by atoms with Crippen LogP contribution in [0.1, 0.15) is 26.7 Å². The van der Waals surface area contributed by atoms with Crippen molar-refractivity contribution < 1.29 is 18.3 Å². The highest BCUT2D eigenvalue weighted by Gasteiger charge is 2.35. The summed E-state index contributed by atoms with van der Waals surface area (Å²) in [5, 5.41) is 9.36. The van der Waals surface area contributed by atoms with E-state index < -0.39 is 15.6 Å². The number of hydrogen-bond acceptors (Lipinski definition) is 4. The Hall–Kier alpha value is -0.170. The van der Waals surface area contributed by atoms with Gasteiger partial charge in [0.25, 0.3) is 0 Å². The molecule has 0 aromatic rings. The molecule has 5 nitrogen and oxygen atoms in total. The molecule has 0 bridgehead atoms. The van der Waals surface area contributed by atoms with Crippen LogP contribution in [0.4, 0.5) is 0 Å². The fraction of sp³-hybridized carbons (Fsp3) is 1.00. The zero-order valence-electron chi connectivity index (χ0n) is 9.90. The number of ether oxygens (including phenoxy) is 1. The van der Waals surface area contributed by atoms with Crippen molar-refractivity contribution in [3.8, 4) is 0 Å². The van der Waals surface area contributed by atoms with Gasteiger partial charge in [-0.1, -0.05) is 13.8 Å². The Kier molecular flexibility index (Phi) is 4.73. The molecule has 0 saturated carbocycles. The lowest BCUT2D eigenvalue weighted by Gasteiger charge is -2.36. The first-order chi connectivity index (χ1) is 7.39. The van der Waals surface area contributed by atoms with Crippen molar-refractivity contribution in [3.63, 3.8) is 0 Å². The monoisotopic (exact) mass is 251 g/mol. The van der Waals surface area contributed by atoms with Gasteiger partial charge in [-0.25, -0.2) is 13.1 Å². The van der Waals surface area contributed by atoms with E-state index >= 15 is 0 Å². The van der Waals surface area contributed by atoms with Gasteiger partial charge >= 0.3 is 0 Å². The molecular formula is C10H21NO4S. The molecule has 0 spiro atoms. The molecule has 0 amide bonds. The Balaban J connectivity index is 2.68. The fourth-order valence-electron chi connectivity index (χ4n) is 1.86. The first-order valence-electron chi connectivity index (χ1n) is 5.59. The number of aliphatic hydroxyl groups excluding tert-OH is 1. The SMILES string of the molecule is CC(C)CS(=O)(=O)NC1(CO)CCOCC1. The molecule has 0 unspecified atom stereocenters. The van der Waals surface area contributed by atoms with Crippen molar-refractivity contribution in [2.24, 2.45) is 5.92 Å². The number of hydrogen-bond donors (Lipinski definition) is 2. The van der Waals surface area contributed by atoms with Gasteiger partial charge in [-0.05, 0) is 18.8 Å². The lowest BCUT2D eigenvalue weighted by atomic mass is 9.93. The van der Waals surface area contributed by atoms with Crippen molar-refractivity contribution in [2.75, 3.05) is 25.6 Å². The van der Waals surface area contributed by atoms with Crippen LogP contribution in [0.3, 0.4) is 0 Å². The summed E-state index contributed by atoms with van der Waals surface area (Å²) in [5.41, 5.74) is -0.716. The van der Waals surface area contributed by atoms with Crippen LogP contribution in [0.25, 0.3) is 0 Å². The van der Waals surface area contributed by atoms with E-state index in [4.69, 9.17) is 4.74 Å². The molecule has 1 aliphatic rings. The quantitative estimate of drug-likeness (QED) is 0.727. The number of sulfonamides is 1. The summed E-state index contributed by atoms with van der Waals surface area (Å²) in [6.45, 7) is 4.52. The van der Waals surface area contributed by atoms with E-state index in [1.807, 2.05) is 13.8 Å². The average Bonchev–Trinajstić information content (AvgIpc) is 2.16. The molecule has 0 radical (unpaired) electrons. The van der Waals surface area contributed by atoms with Crippen molar-refractivity contribution in [1.29, 1.82) is 0 Å². The van der Waals surface area contributed by atoms with Gasteiger partial charge in [-0.15, -0.1) is 0 Å². The molecule has 1 saturated heterocycles. The minimum absolute atomic E-state index is 0.0769. The Morgan fingerprint density at radius 3 is 2.38 bits per heavy atom. The lowest BCUT2D eigenvalue weighted by molar-refractivity contribution is 0.0222. The molecule has 2 N–H and O–H groups in total. The van der Waals surface area contributed by atoms with Gasteiger partial charge in [-0.2, -0.15) is 0 Å². The topological polar surface area (TPSA) is 75.6 Å². The molecule has 0 aromatic carbocycles. The summed E-state index contributed by atoms with van der Waals surface area (Å²) in [4.78, 5) is 0. The fourth-order valence-corrected chi connectivity index (χ4v) is 3.75. The van der Waals surface area contributed by atoms with Crippen LogP contribution in [-0.4, -0.2) is 44.6 Å². The summed E-state index contributed by atoms with van der Waals surface area (Å²) < 4.78 is 31.4. The van der Waals surface area contributed by atoms with Crippen LogP contribution in [0.5, 0.6) is 0 Å². The molecule has 0 atom stereocenters. The van der Waals surface area contributed by atoms with Gasteiger partial charge in [0.05, 0.1) is 17.9 Å². The summed E-state index contributed by atoms with van der Waals surface area (Å²) >= 11 is 0. The molecule has 1 heterocycles. The van der Waals surface area contributed by atoms with E-state index in [2.05, 4.69) is 4.72 Å². The van der Waals surface area contributed by atoms with Crippen LogP contribution in [0, 0.1) is 5.92 Å². The second-order valence-corrected chi connectivity index (χ2v) is 6.60. The van der Waals surface area contributed by atoms with E-state index in [1.165, 1.54) is 0 Å². The molecule has 16 heavy (non-hydrogen) atoms. The molecule has 1 rings (SSSR count). The largest absolute Gasteiger partial charge is 0.394 e. The van der Waals surface area contributed by atoms with Crippen molar-refractivity contribution >= 4 is 10.0 Å². The Morgan fingerprint density at radius 1 is 1.38 bits per heavy atom. The second-order valence-electron chi connectivity index (χ2n) is 4.83. The van der Waals surface area contributed by atoms with E-state index in [0.29, 0.717) is 26.1 Å². The zero-order chi connectivity index (χ0) is 12.2. The Bertz CT molecular complexity index is 307. The smallest absolute Gasteiger partial charge is 0.212 e. The van der Waals surface area contributed by atoms with E-state index in [9.17, 15) is 13.5 Å². The summed E-state index contributed by atoms with van der Waals surface area (Å²) in [6.07, 6.45) is 1.06. The first kappa shape index (κ1) is 13.9. The van der Waals surface area contributed by atoms with Crippen LogP contribution in [0.15, 0.2) is 0 Å². The van der Waals surface area contributed by atoms with Gasteiger partial charge in [-0.3, -0.25) is 0 Å². The minimum atomic E-state index is -3.32. The van der Waals surface area contributed by atoms with Crippen molar-refractivity contribution in [3.05, 3.63) is 0 Å². The highest BCUT2D eigenvalue weighted by atomic mass is 32.2. The maximum Gasteiger partial charge on any atom is 0.212 e. The zero-order valence-corrected chi connectivity index (χ0v) is 10.7. The van der Waals surface area contributed by atoms with E-state index in [1.54, 1.807) is 0 Å². The van der Waals surface area contributed by atoms with Crippen LogP contribution in [0.2, 0.25) is 0 Å². The number of aliphatic hydroxyl groups is 1. The number of nitrogens with one attached hydrogen (secondary N) is 1. The highest BCUT2D eigenvalue weighted by Crippen LogP contribution is 2.21. The van der Waals surface area contributed by atoms with Crippen molar-refractivity contribution in [2.45, 2.75) is 32.2 Å². The second kappa shape index (κ2) is 5.44. The molecule has 0 aliphatic carbocycles. The van der Waals surface area contributed by atoms with Crippen LogP contribution < -0.4 is 4.72 Å². The molecule has 1 fully saturated rings. The van der Waals surface area contributed by atoms with Crippen molar-refractivity contribution in [1.82, 2.24) is 4.72 Å². The third-order valence-electron chi connectivity index (χ3n) is 2.68. The molecule has 96 valence electrons. The molecule has 6 heteroatoms. The van der Waals surface area contributed by atoms with Gasteiger partial charge in [0, 0.05) is 13.2 Å². The summed E-state index contributed by atoms with van der Waals surface area (Å²) in [7, 11) is -3.32. The Morgan fingerprint density at radius 2 is 1.94 bits per heavy atom. The maximum atomic E-state index is 11.8. The van der Waals surface area contributed by atoms with E-state index in [0.717, 1.165) is 0 Å². The van der Waals surface area contributed by atoms with Gasteiger partial charge in [0.2, 0.25) is 10.0 Å². The summed E-state index contributed by atoms with van der Waals surface area (Å²) in [6, 6.07) is 0. The van der Waals surface area contributed by atoms with Gasteiger partial charge in [0.15, 0.2) is 0 Å². The third-order valence-corrected chi connectivity index (χ3v) is 4.53. The lowest BCUT2D eigenvalue weighted by Crippen LogP contribution is -2.55. The first-order valence-corrected chi connectivity index (χ1v) is 7.25. The van der Waals surface area contributed by atoms with Gasteiger partial charge < -0.3 is 9.84 Å². The molecular weight excluding hydrogens is 230 g/mol. The van der Waals surface area contributed by atoms with Gasteiger partial charge in [0.1, 0.15) is 0 Å². The number of rotatable bonds is 5. The highest BCUT2D eigenvalue weighted by molar-refractivity contribution is 7.89. The predicted molar refractivity (Wildman–Crippen MR) is 61.6 cm³/mol. The normalized spacial score (nSPS) is 21.2. The molecule has 0 aromatic heterocycles. The molecule has 1 aliphatic heterocycles. The Labute approximate surface area is 97.2 Å². The predicted octanol–water partition coefficient (Wildman–Crippen LogP) is 0.103. The maximum absolute atomic E-state index is 11.8. The van der Waals surface area contributed by atoms with E-state index in [-0.39, 0.29) is 18.3 Å². The average molecular weight is 251 g/mol. The summed E-state index contributed by atoms with van der Waals surface area (Å²) in [5.74, 6) is 0.170. The standard InChI is InChI=1S/C10H21NO4S/c1-9(2)7-16(13,14)11-10(8-12)3-5-15-6-4-10/h9,11-12H,3-8H2,1-2H3. The van der Waals surface area contributed by atoms with Crippen LogP contribution >= 0.6 is 0 Å². The minimum Gasteiger partial charge on any atom is -0.394 e. The van der Waals surface area contributed by atoms with Crippen LogP contribution in [-0.2, 0) is 14.8 Å². The third kappa shape index (κ3) is 4.01.